The first-order valence-electron chi connectivity index (χ1n) is 5.66. The standard InChI is InChI=1S/C14H15NOS/c1-2-14(16)13-9-8-12(10-15-13)17-11-6-4-3-5-7-11/h3-10,14,16H,2H2,1H3. The zero-order chi connectivity index (χ0) is 12.1. The van der Waals surface area contributed by atoms with Crippen molar-refractivity contribution in [3.8, 4) is 0 Å². The summed E-state index contributed by atoms with van der Waals surface area (Å²) < 4.78 is 0. The van der Waals surface area contributed by atoms with E-state index in [9.17, 15) is 5.11 Å². The molecule has 2 rings (SSSR count). The molecule has 0 radical (unpaired) electrons. The Morgan fingerprint density at radius 1 is 1.12 bits per heavy atom. The van der Waals surface area contributed by atoms with Gasteiger partial charge in [-0.05, 0) is 30.7 Å². The van der Waals surface area contributed by atoms with Crippen LogP contribution in [0.1, 0.15) is 25.1 Å². The van der Waals surface area contributed by atoms with Crippen LogP contribution in [0.2, 0.25) is 0 Å². The van der Waals surface area contributed by atoms with Gasteiger partial charge < -0.3 is 5.11 Å². The summed E-state index contributed by atoms with van der Waals surface area (Å²) in [6.07, 6.45) is 2.05. The fourth-order valence-corrected chi connectivity index (χ4v) is 2.29. The smallest absolute Gasteiger partial charge is 0.0957 e. The predicted molar refractivity (Wildman–Crippen MR) is 70.1 cm³/mol. The number of rotatable bonds is 4. The summed E-state index contributed by atoms with van der Waals surface area (Å²) in [4.78, 5) is 6.55. The molecule has 1 unspecified atom stereocenters. The second-order valence-electron chi connectivity index (χ2n) is 3.76. The highest BCUT2D eigenvalue weighted by atomic mass is 32.2. The molecule has 3 heteroatoms. The summed E-state index contributed by atoms with van der Waals surface area (Å²) in [6.45, 7) is 1.94. The number of aliphatic hydroxyl groups excluding tert-OH is 1. The van der Waals surface area contributed by atoms with E-state index < -0.39 is 6.10 Å². The van der Waals surface area contributed by atoms with Crippen molar-refractivity contribution in [2.75, 3.05) is 0 Å². The van der Waals surface area contributed by atoms with E-state index in [1.54, 1.807) is 11.8 Å². The van der Waals surface area contributed by atoms with Gasteiger partial charge in [0.15, 0.2) is 0 Å². The number of hydrogen-bond donors (Lipinski definition) is 1. The molecule has 1 N–H and O–H groups in total. The van der Waals surface area contributed by atoms with Crippen LogP contribution in [0.25, 0.3) is 0 Å². The maximum Gasteiger partial charge on any atom is 0.0957 e. The molecular formula is C14H15NOS. The SMILES string of the molecule is CCC(O)c1ccc(Sc2ccccc2)cn1. The molecule has 0 bridgehead atoms. The molecule has 0 saturated heterocycles. The average Bonchev–Trinajstić information content (AvgIpc) is 2.40. The van der Waals surface area contributed by atoms with E-state index in [1.807, 2.05) is 43.5 Å². The van der Waals surface area contributed by atoms with E-state index in [-0.39, 0.29) is 0 Å². The first kappa shape index (κ1) is 12.1. The van der Waals surface area contributed by atoms with Crippen LogP contribution in [0.15, 0.2) is 58.5 Å². The van der Waals surface area contributed by atoms with Crippen LogP contribution in [-0.2, 0) is 0 Å². The first-order chi connectivity index (χ1) is 8.29. The molecule has 17 heavy (non-hydrogen) atoms. The van der Waals surface area contributed by atoms with Gasteiger partial charge in [0.25, 0.3) is 0 Å². The lowest BCUT2D eigenvalue weighted by Gasteiger charge is -2.07. The molecule has 0 amide bonds. The van der Waals surface area contributed by atoms with Gasteiger partial charge in [-0.15, -0.1) is 0 Å². The number of aromatic nitrogens is 1. The number of nitrogens with zero attached hydrogens (tertiary/aromatic N) is 1. The Morgan fingerprint density at radius 3 is 2.47 bits per heavy atom. The highest BCUT2D eigenvalue weighted by Gasteiger charge is 2.06. The number of hydrogen-bond acceptors (Lipinski definition) is 3. The lowest BCUT2D eigenvalue weighted by Crippen LogP contribution is -1.97. The van der Waals surface area contributed by atoms with Gasteiger partial charge >= 0.3 is 0 Å². The van der Waals surface area contributed by atoms with Crippen LogP contribution >= 0.6 is 11.8 Å². The van der Waals surface area contributed by atoms with Gasteiger partial charge in [-0.25, -0.2) is 0 Å². The lowest BCUT2D eigenvalue weighted by atomic mass is 10.2. The minimum absolute atomic E-state index is 0.453. The van der Waals surface area contributed by atoms with Gasteiger partial charge in [0, 0.05) is 16.0 Å². The fourth-order valence-electron chi connectivity index (χ4n) is 1.48. The van der Waals surface area contributed by atoms with Crippen molar-refractivity contribution in [3.63, 3.8) is 0 Å². The summed E-state index contributed by atoms with van der Waals surface area (Å²) >= 11 is 1.67. The largest absolute Gasteiger partial charge is 0.387 e. The highest BCUT2D eigenvalue weighted by Crippen LogP contribution is 2.27. The van der Waals surface area contributed by atoms with Gasteiger partial charge in [-0.3, -0.25) is 4.98 Å². The predicted octanol–water partition coefficient (Wildman–Crippen LogP) is 3.68. The molecule has 0 spiro atoms. The molecule has 0 aliphatic heterocycles. The number of pyridine rings is 1. The third kappa shape index (κ3) is 3.32. The molecule has 1 aromatic carbocycles. The van der Waals surface area contributed by atoms with Crippen LogP contribution in [0.3, 0.4) is 0 Å². The molecule has 2 aromatic rings. The molecule has 1 atom stereocenters. The molecule has 1 heterocycles. The summed E-state index contributed by atoms with van der Waals surface area (Å²) in [5, 5.41) is 9.64. The van der Waals surface area contributed by atoms with E-state index >= 15 is 0 Å². The van der Waals surface area contributed by atoms with Gasteiger partial charge in [-0.2, -0.15) is 0 Å². The molecule has 2 nitrogen and oxygen atoms in total. The van der Waals surface area contributed by atoms with Crippen molar-refractivity contribution in [2.45, 2.75) is 29.2 Å². The summed E-state index contributed by atoms with van der Waals surface area (Å²) in [7, 11) is 0. The third-order valence-corrected chi connectivity index (χ3v) is 3.45. The van der Waals surface area contributed by atoms with Crippen molar-refractivity contribution >= 4 is 11.8 Å². The zero-order valence-corrected chi connectivity index (χ0v) is 10.5. The van der Waals surface area contributed by atoms with E-state index in [1.165, 1.54) is 4.90 Å². The maximum atomic E-state index is 9.64. The van der Waals surface area contributed by atoms with E-state index in [4.69, 9.17) is 0 Å². The van der Waals surface area contributed by atoms with Crippen LogP contribution < -0.4 is 0 Å². The third-order valence-electron chi connectivity index (χ3n) is 2.47. The van der Waals surface area contributed by atoms with Crippen molar-refractivity contribution in [1.29, 1.82) is 0 Å². The van der Waals surface area contributed by atoms with Crippen LogP contribution in [-0.4, -0.2) is 10.1 Å². The van der Waals surface area contributed by atoms with E-state index in [0.29, 0.717) is 6.42 Å². The summed E-state index contributed by atoms with van der Waals surface area (Å²) in [5.74, 6) is 0. The topological polar surface area (TPSA) is 33.1 Å². The van der Waals surface area contributed by atoms with Crippen molar-refractivity contribution in [1.82, 2.24) is 4.98 Å². The van der Waals surface area contributed by atoms with Crippen molar-refractivity contribution in [3.05, 3.63) is 54.4 Å². The molecule has 0 aliphatic carbocycles. The van der Waals surface area contributed by atoms with Crippen LogP contribution in [0, 0.1) is 0 Å². The molecule has 1 aromatic heterocycles. The highest BCUT2D eigenvalue weighted by molar-refractivity contribution is 7.99. The van der Waals surface area contributed by atoms with Crippen molar-refractivity contribution < 1.29 is 5.11 Å². The fraction of sp³-hybridized carbons (Fsp3) is 0.214. The summed E-state index contributed by atoms with van der Waals surface area (Å²) in [5.41, 5.74) is 0.741. The Morgan fingerprint density at radius 2 is 1.88 bits per heavy atom. The van der Waals surface area contributed by atoms with Crippen LogP contribution in [0.4, 0.5) is 0 Å². The average molecular weight is 245 g/mol. The molecular weight excluding hydrogens is 230 g/mol. The maximum absolute atomic E-state index is 9.64. The second kappa shape index (κ2) is 5.84. The van der Waals surface area contributed by atoms with Gasteiger partial charge in [0.2, 0.25) is 0 Å². The lowest BCUT2D eigenvalue weighted by molar-refractivity contribution is 0.169. The Bertz CT molecular complexity index is 455. The molecule has 88 valence electrons. The normalized spacial score (nSPS) is 12.4. The Balaban J connectivity index is 2.08. The van der Waals surface area contributed by atoms with Gasteiger partial charge in [0.05, 0.1) is 11.8 Å². The number of aliphatic hydroxyl groups is 1. The second-order valence-corrected chi connectivity index (χ2v) is 4.90. The monoisotopic (exact) mass is 245 g/mol. The van der Waals surface area contributed by atoms with Gasteiger partial charge in [0.1, 0.15) is 0 Å². The Kier molecular flexibility index (Phi) is 4.18. The first-order valence-corrected chi connectivity index (χ1v) is 6.48. The van der Waals surface area contributed by atoms with Gasteiger partial charge in [-0.1, -0.05) is 36.9 Å². The van der Waals surface area contributed by atoms with Crippen molar-refractivity contribution in [2.24, 2.45) is 0 Å². The van der Waals surface area contributed by atoms with Crippen LogP contribution in [0.5, 0.6) is 0 Å². The molecule has 0 aliphatic rings. The Labute approximate surface area is 106 Å². The zero-order valence-electron chi connectivity index (χ0n) is 9.71. The number of benzene rings is 1. The Hall–Kier alpha value is -1.32. The molecule has 0 fully saturated rings. The minimum Gasteiger partial charge on any atom is -0.387 e. The summed E-state index contributed by atoms with van der Waals surface area (Å²) in [6, 6.07) is 14.1. The molecule has 0 saturated carbocycles. The quantitative estimate of drug-likeness (QED) is 0.892. The minimum atomic E-state index is -0.453. The van der Waals surface area contributed by atoms with E-state index in [2.05, 4.69) is 17.1 Å². The van der Waals surface area contributed by atoms with E-state index in [0.717, 1.165) is 10.6 Å².